The van der Waals surface area contributed by atoms with E-state index < -0.39 is 0 Å². The first-order valence-corrected chi connectivity index (χ1v) is 5.65. The molecule has 0 saturated carbocycles. The fourth-order valence-corrected chi connectivity index (χ4v) is 1.52. The number of hydrogen-bond donors (Lipinski definition) is 0. The molecule has 0 saturated heterocycles. The molecule has 0 aliphatic carbocycles. The maximum Gasteiger partial charge on any atom is 0.185 e. The Morgan fingerprint density at radius 3 is 2.71 bits per heavy atom. The van der Waals surface area contributed by atoms with Crippen molar-refractivity contribution in [1.29, 1.82) is 0 Å². The zero-order valence-corrected chi connectivity index (χ0v) is 10.6. The van der Waals surface area contributed by atoms with Crippen molar-refractivity contribution in [1.82, 2.24) is 0 Å². The Kier molecular flexibility index (Phi) is 5.21. The summed E-state index contributed by atoms with van der Waals surface area (Å²) >= 11 is 0. The SMILES string of the molecule is CC=CC/C=C/C(=O)c1ccc(OC)c(C)c1. The molecule has 1 rings (SSSR count). The van der Waals surface area contributed by atoms with E-state index in [1.165, 1.54) is 0 Å². The van der Waals surface area contributed by atoms with Gasteiger partial charge < -0.3 is 4.74 Å². The molecule has 1 aromatic rings. The highest BCUT2D eigenvalue weighted by Crippen LogP contribution is 2.18. The molecule has 90 valence electrons. The highest BCUT2D eigenvalue weighted by molar-refractivity contribution is 6.04. The van der Waals surface area contributed by atoms with Crippen molar-refractivity contribution in [3.8, 4) is 5.75 Å². The van der Waals surface area contributed by atoms with Crippen molar-refractivity contribution < 1.29 is 9.53 Å². The molecule has 0 heterocycles. The molecule has 0 aliphatic heterocycles. The highest BCUT2D eigenvalue weighted by Gasteiger charge is 2.04. The third-order valence-corrected chi connectivity index (χ3v) is 2.46. The second-order valence-corrected chi connectivity index (χ2v) is 3.76. The molecule has 2 nitrogen and oxygen atoms in total. The van der Waals surface area contributed by atoms with Crippen molar-refractivity contribution in [3.05, 3.63) is 53.6 Å². The predicted octanol–water partition coefficient (Wildman–Crippen LogP) is 3.71. The van der Waals surface area contributed by atoms with Gasteiger partial charge in [0.25, 0.3) is 0 Å². The zero-order valence-electron chi connectivity index (χ0n) is 10.6. The maximum atomic E-state index is 11.8. The van der Waals surface area contributed by atoms with Crippen LogP contribution in [-0.2, 0) is 0 Å². The van der Waals surface area contributed by atoms with Crippen LogP contribution >= 0.6 is 0 Å². The fraction of sp³-hybridized carbons (Fsp3) is 0.267. The number of allylic oxidation sites excluding steroid dienone is 4. The van der Waals surface area contributed by atoms with Gasteiger partial charge in [-0.1, -0.05) is 18.2 Å². The number of carbonyl (C=O) groups excluding carboxylic acids is 1. The van der Waals surface area contributed by atoms with E-state index >= 15 is 0 Å². The second-order valence-electron chi connectivity index (χ2n) is 3.76. The normalized spacial score (nSPS) is 11.2. The van der Waals surface area contributed by atoms with Crippen LogP contribution in [0.25, 0.3) is 0 Å². The molecule has 17 heavy (non-hydrogen) atoms. The summed E-state index contributed by atoms with van der Waals surface area (Å²) in [5.41, 5.74) is 1.67. The van der Waals surface area contributed by atoms with Crippen LogP contribution in [0.15, 0.2) is 42.5 Å². The van der Waals surface area contributed by atoms with Crippen LogP contribution in [-0.4, -0.2) is 12.9 Å². The van der Waals surface area contributed by atoms with Gasteiger partial charge in [0.15, 0.2) is 5.78 Å². The van der Waals surface area contributed by atoms with Gasteiger partial charge in [-0.2, -0.15) is 0 Å². The van der Waals surface area contributed by atoms with Crippen molar-refractivity contribution in [2.45, 2.75) is 20.3 Å². The van der Waals surface area contributed by atoms with Crippen LogP contribution in [0.3, 0.4) is 0 Å². The van der Waals surface area contributed by atoms with Gasteiger partial charge in [-0.05, 0) is 50.1 Å². The fourth-order valence-electron chi connectivity index (χ4n) is 1.52. The van der Waals surface area contributed by atoms with Crippen LogP contribution in [0.2, 0.25) is 0 Å². The third-order valence-electron chi connectivity index (χ3n) is 2.46. The number of carbonyl (C=O) groups is 1. The van der Waals surface area contributed by atoms with E-state index in [-0.39, 0.29) is 5.78 Å². The van der Waals surface area contributed by atoms with Gasteiger partial charge in [0.2, 0.25) is 0 Å². The quantitative estimate of drug-likeness (QED) is 0.438. The van der Waals surface area contributed by atoms with E-state index in [1.54, 1.807) is 19.3 Å². The van der Waals surface area contributed by atoms with Crippen molar-refractivity contribution in [3.63, 3.8) is 0 Å². The van der Waals surface area contributed by atoms with Crippen molar-refractivity contribution >= 4 is 5.78 Å². The van der Waals surface area contributed by atoms with Gasteiger partial charge in [0.1, 0.15) is 5.75 Å². The number of benzene rings is 1. The molecule has 0 aliphatic rings. The van der Waals surface area contributed by atoms with Crippen LogP contribution in [0.1, 0.15) is 29.3 Å². The minimum atomic E-state index is 0.0280. The molecule has 0 atom stereocenters. The van der Waals surface area contributed by atoms with Crippen molar-refractivity contribution in [2.24, 2.45) is 0 Å². The molecule has 0 fully saturated rings. The summed E-state index contributed by atoms with van der Waals surface area (Å²) in [4.78, 5) is 11.8. The zero-order chi connectivity index (χ0) is 12.7. The number of ether oxygens (including phenoxy) is 1. The predicted molar refractivity (Wildman–Crippen MR) is 70.6 cm³/mol. The van der Waals surface area contributed by atoms with Crippen LogP contribution in [0.4, 0.5) is 0 Å². The monoisotopic (exact) mass is 230 g/mol. The summed E-state index contributed by atoms with van der Waals surface area (Å²) in [6.07, 6.45) is 8.23. The molecule has 0 amide bonds. The number of methoxy groups -OCH3 is 1. The minimum absolute atomic E-state index is 0.0280. The summed E-state index contributed by atoms with van der Waals surface area (Å²) < 4.78 is 5.15. The molecule has 1 aromatic carbocycles. The Morgan fingerprint density at radius 1 is 1.35 bits per heavy atom. The molecule has 0 bridgehead atoms. The maximum absolute atomic E-state index is 11.8. The Hall–Kier alpha value is -1.83. The van der Waals surface area contributed by atoms with Gasteiger partial charge in [-0.25, -0.2) is 0 Å². The summed E-state index contributed by atoms with van der Waals surface area (Å²) in [6.45, 7) is 3.89. The molecular formula is C15H18O2. The Morgan fingerprint density at radius 2 is 2.12 bits per heavy atom. The lowest BCUT2D eigenvalue weighted by Gasteiger charge is -2.05. The number of rotatable bonds is 5. The third kappa shape index (κ3) is 3.91. The molecule has 0 radical (unpaired) electrons. The molecule has 2 heteroatoms. The molecule has 0 unspecified atom stereocenters. The van der Waals surface area contributed by atoms with Crippen LogP contribution in [0.5, 0.6) is 5.75 Å². The highest BCUT2D eigenvalue weighted by atomic mass is 16.5. The lowest BCUT2D eigenvalue weighted by atomic mass is 10.1. The van der Waals surface area contributed by atoms with Gasteiger partial charge in [-0.3, -0.25) is 4.79 Å². The first kappa shape index (κ1) is 13.2. The van der Waals surface area contributed by atoms with E-state index in [9.17, 15) is 4.79 Å². The topological polar surface area (TPSA) is 26.3 Å². The standard InChI is InChI=1S/C15H18O2/c1-4-5-6-7-8-14(16)13-9-10-15(17-3)12(2)11-13/h4-5,7-11H,6H2,1-3H3/b5-4?,8-7+. The number of ketones is 1. The van der Waals surface area contributed by atoms with E-state index in [2.05, 4.69) is 0 Å². The average molecular weight is 230 g/mol. The molecule has 0 spiro atoms. The van der Waals surface area contributed by atoms with Crippen LogP contribution < -0.4 is 4.74 Å². The van der Waals surface area contributed by atoms with E-state index in [4.69, 9.17) is 4.74 Å². The van der Waals surface area contributed by atoms with Gasteiger partial charge in [0, 0.05) is 5.56 Å². The molecule has 0 aromatic heterocycles. The van der Waals surface area contributed by atoms with E-state index in [0.717, 1.165) is 17.7 Å². The first-order valence-electron chi connectivity index (χ1n) is 5.65. The van der Waals surface area contributed by atoms with Gasteiger partial charge >= 0.3 is 0 Å². The lowest BCUT2D eigenvalue weighted by molar-refractivity contribution is 0.104. The van der Waals surface area contributed by atoms with Gasteiger partial charge in [0.05, 0.1) is 7.11 Å². The van der Waals surface area contributed by atoms with Crippen LogP contribution in [0, 0.1) is 6.92 Å². The first-order chi connectivity index (χ1) is 8.19. The molecule has 0 N–H and O–H groups in total. The largest absolute Gasteiger partial charge is 0.496 e. The summed E-state index contributed by atoms with van der Waals surface area (Å²) in [6, 6.07) is 5.46. The van der Waals surface area contributed by atoms with Crippen molar-refractivity contribution in [2.75, 3.05) is 7.11 Å². The summed E-state index contributed by atoms with van der Waals surface area (Å²) in [7, 11) is 1.63. The van der Waals surface area contributed by atoms with E-state index in [0.29, 0.717) is 5.56 Å². The summed E-state index contributed by atoms with van der Waals surface area (Å²) in [5, 5.41) is 0. The Labute approximate surface area is 103 Å². The summed E-state index contributed by atoms with van der Waals surface area (Å²) in [5.74, 6) is 0.833. The number of hydrogen-bond acceptors (Lipinski definition) is 2. The smallest absolute Gasteiger partial charge is 0.185 e. The Balaban J connectivity index is 2.76. The average Bonchev–Trinajstić information content (AvgIpc) is 2.34. The minimum Gasteiger partial charge on any atom is -0.496 e. The lowest BCUT2D eigenvalue weighted by Crippen LogP contribution is -1.96. The van der Waals surface area contributed by atoms with Gasteiger partial charge in [-0.15, -0.1) is 0 Å². The molecular weight excluding hydrogens is 212 g/mol. The second kappa shape index (κ2) is 6.69. The van der Waals surface area contributed by atoms with E-state index in [1.807, 2.05) is 44.2 Å². The Bertz CT molecular complexity index is 442. The number of aryl methyl sites for hydroxylation is 1.